The Morgan fingerprint density at radius 1 is 0.528 bits per heavy atom. The van der Waals surface area contributed by atoms with Crippen molar-refractivity contribution in [2.45, 2.75) is 271 Å². The van der Waals surface area contributed by atoms with Gasteiger partial charge in [0.05, 0.1) is 25.9 Å². The van der Waals surface area contributed by atoms with Crippen LogP contribution in [0.2, 0.25) is 0 Å². The van der Waals surface area contributed by atoms with Crippen molar-refractivity contribution in [1.82, 2.24) is 0 Å². The van der Waals surface area contributed by atoms with Crippen LogP contribution in [0.5, 0.6) is 0 Å². The second-order valence-corrected chi connectivity index (χ2v) is 24.8. The Morgan fingerprint density at radius 3 is 1.32 bits per heavy atom. The van der Waals surface area contributed by atoms with Crippen LogP contribution >= 0.6 is 0 Å². The SMILES string of the molecule is CC(C)CCCC(C)CCCC(C)CCCC(C)CCO[C@@H](COCCC(C)CCC[C@@H](C)CCC[C@@H](C)CCCC(C)C)C[C@]1(O)O[C@H](CO)[C@@H](O)[C@H](O)[C@H]1O[C@H]1O[C@H](CO)[C@@H](O)[C@H](O)[C@@H]1OS(=O)(=O)O. The first-order valence-electron chi connectivity index (χ1n) is 28.4. The van der Waals surface area contributed by atoms with E-state index in [1.165, 1.54) is 83.5 Å². The summed E-state index contributed by atoms with van der Waals surface area (Å²) in [6, 6.07) is 0. The molecule has 2 rings (SSSR count). The van der Waals surface area contributed by atoms with Crippen LogP contribution in [-0.2, 0) is 38.3 Å². The third kappa shape index (κ3) is 27.1. The Hall–Kier alpha value is -0.610. The molecule has 4 unspecified atom stereocenters. The van der Waals surface area contributed by atoms with Gasteiger partial charge in [-0.15, -0.1) is 0 Å². The topological polar surface area (TPSA) is 251 Å². The highest BCUT2D eigenvalue weighted by Gasteiger charge is 2.58. The van der Waals surface area contributed by atoms with Gasteiger partial charge in [0.2, 0.25) is 0 Å². The summed E-state index contributed by atoms with van der Waals surface area (Å²) < 4.78 is 67.8. The highest BCUT2D eigenvalue weighted by Crippen LogP contribution is 2.38. The molecule has 0 radical (unpaired) electrons. The smallest absolute Gasteiger partial charge is 0.394 e. The fraction of sp³-hybridized carbons (Fsp3) is 1.00. The fourth-order valence-corrected chi connectivity index (χ4v) is 10.9. The van der Waals surface area contributed by atoms with Gasteiger partial charge in [0.25, 0.3) is 0 Å². The molecule has 0 aliphatic carbocycles. The molecular weight excluding hydrogens is 949 g/mol. The summed E-state index contributed by atoms with van der Waals surface area (Å²) in [5, 5.41) is 76.1. The second-order valence-electron chi connectivity index (χ2n) is 23.8. The van der Waals surface area contributed by atoms with E-state index in [4.69, 9.17) is 23.7 Å². The third-order valence-corrected chi connectivity index (χ3v) is 15.9. The largest absolute Gasteiger partial charge is 0.397 e. The molecule has 0 aromatic heterocycles. The molecule has 0 saturated carbocycles. The Labute approximate surface area is 437 Å². The van der Waals surface area contributed by atoms with Gasteiger partial charge in [-0.3, -0.25) is 4.55 Å². The first-order chi connectivity index (χ1) is 33.9. The fourth-order valence-electron chi connectivity index (χ4n) is 10.4. The van der Waals surface area contributed by atoms with E-state index < -0.39 is 97.0 Å². The molecule has 2 fully saturated rings. The van der Waals surface area contributed by atoms with Crippen LogP contribution in [0.4, 0.5) is 0 Å². The molecule has 17 atom stereocenters. The molecule has 0 bridgehead atoms. The van der Waals surface area contributed by atoms with Gasteiger partial charge in [0.1, 0.15) is 42.7 Å². The van der Waals surface area contributed by atoms with Crippen LogP contribution in [0.3, 0.4) is 0 Å². The van der Waals surface area contributed by atoms with Gasteiger partial charge in [0, 0.05) is 19.6 Å². The molecule has 2 aliphatic rings. The number of aliphatic hydroxyl groups is 7. The van der Waals surface area contributed by atoms with Crippen LogP contribution in [0.15, 0.2) is 0 Å². The van der Waals surface area contributed by atoms with Crippen molar-refractivity contribution in [2.24, 2.45) is 47.3 Å². The summed E-state index contributed by atoms with van der Waals surface area (Å²) in [4.78, 5) is 0. The summed E-state index contributed by atoms with van der Waals surface area (Å²) in [7, 11) is -5.31. The Balaban J connectivity index is 2.11. The highest BCUT2D eigenvalue weighted by molar-refractivity contribution is 7.80. The summed E-state index contributed by atoms with van der Waals surface area (Å²) in [5.41, 5.74) is 0. The maximum absolute atomic E-state index is 12.3. The molecule has 0 aromatic carbocycles. The van der Waals surface area contributed by atoms with Gasteiger partial charge < -0.3 is 59.4 Å². The van der Waals surface area contributed by atoms with E-state index in [1.54, 1.807) is 0 Å². The zero-order chi connectivity index (χ0) is 54.0. The minimum Gasteiger partial charge on any atom is -0.394 e. The summed E-state index contributed by atoms with van der Waals surface area (Å²) in [6.45, 7) is 22.0. The average Bonchev–Trinajstić information content (AvgIpc) is 3.29. The third-order valence-electron chi connectivity index (χ3n) is 15.4. The van der Waals surface area contributed by atoms with Gasteiger partial charge in [-0.2, -0.15) is 8.42 Å². The summed E-state index contributed by atoms with van der Waals surface area (Å²) in [6.07, 6.45) is 5.09. The maximum Gasteiger partial charge on any atom is 0.397 e. The number of aliphatic hydroxyl groups excluding tert-OH is 6. The van der Waals surface area contributed by atoms with Crippen molar-refractivity contribution in [3.05, 3.63) is 0 Å². The molecule has 17 heteroatoms. The molecule has 72 heavy (non-hydrogen) atoms. The van der Waals surface area contributed by atoms with E-state index in [9.17, 15) is 48.7 Å². The molecule has 0 spiro atoms. The molecule has 430 valence electrons. The van der Waals surface area contributed by atoms with Crippen LogP contribution in [0.25, 0.3) is 0 Å². The first-order valence-corrected chi connectivity index (χ1v) is 29.8. The van der Waals surface area contributed by atoms with Gasteiger partial charge in [-0.1, -0.05) is 185 Å². The molecule has 2 saturated heterocycles. The minimum atomic E-state index is -5.31. The minimum absolute atomic E-state index is 0.00533. The van der Waals surface area contributed by atoms with Crippen molar-refractivity contribution in [3.8, 4) is 0 Å². The zero-order valence-corrected chi connectivity index (χ0v) is 47.3. The lowest BCUT2D eigenvalue weighted by molar-refractivity contribution is -0.399. The molecule has 0 amide bonds. The van der Waals surface area contributed by atoms with Crippen molar-refractivity contribution < 1.29 is 76.6 Å². The molecule has 8 N–H and O–H groups in total. The molecule has 2 heterocycles. The van der Waals surface area contributed by atoms with Gasteiger partial charge >= 0.3 is 10.4 Å². The van der Waals surface area contributed by atoms with Crippen LogP contribution in [-0.4, -0.2) is 149 Å². The maximum atomic E-state index is 12.3. The van der Waals surface area contributed by atoms with Crippen LogP contribution in [0.1, 0.15) is 204 Å². The van der Waals surface area contributed by atoms with Crippen molar-refractivity contribution in [2.75, 3.05) is 33.0 Å². The van der Waals surface area contributed by atoms with E-state index in [0.29, 0.717) is 43.3 Å². The van der Waals surface area contributed by atoms with E-state index in [1.807, 2.05) is 0 Å². The Morgan fingerprint density at radius 2 is 0.917 bits per heavy atom. The lowest BCUT2D eigenvalue weighted by atomic mass is 9.88. The summed E-state index contributed by atoms with van der Waals surface area (Å²) >= 11 is 0. The Bertz CT molecular complexity index is 1470. The number of rotatable bonds is 41. The van der Waals surface area contributed by atoms with Gasteiger partial charge in [-0.25, -0.2) is 4.18 Å². The second kappa shape index (κ2) is 35.7. The normalized spacial score (nSPS) is 29.3. The Kier molecular flexibility index (Phi) is 33.5. The van der Waals surface area contributed by atoms with Gasteiger partial charge in [0.15, 0.2) is 18.2 Å². The summed E-state index contributed by atoms with van der Waals surface area (Å²) in [5.74, 6) is 2.56. The molecular formula is C55H108O16S. The standard InChI is InChI=1S/C55H108O16S/c1-37(2)17-11-19-39(5)21-13-23-41(7)25-15-27-43(9)29-31-66-36-45(67-32-30-44(10)28-16-26-42(8)24-14-22-40(6)20-12-18-38(3)4)33-55(62)53(51(61)49(59)47(35-57)70-55)69-54-52(71-72(63,64)65)50(60)48(58)46(34-56)68-54/h37-54,56-62H,11-36H2,1-10H3,(H,63,64,65)/t39-,40?,41-,42?,43?,44?,45+,46+,47+,48+,49+,50-,51-,52-,53+,54+,55-/m0/s1. The van der Waals surface area contributed by atoms with Crippen molar-refractivity contribution >= 4 is 10.4 Å². The lowest BCUT2D eigenvalue weighted by Gasteiger charge is -2.50. The first kappa shape index (κ1) is 67.5. The van der Waals surface area contributed by atoms with Crippen molar-refractivity contribution in [1.29, 1.82) is 0 Å². The van der Waals surface area contributed by atoms with E-state index in [-0.39, 0.29) is 6.61 Å². The van der Waals surface area contributed by atoms with E-state index in [2.05, 4.69) is 73.4 Å². The molecule has 16 nitrogen and oxygen atoms in total. The van der Waals surface area contributed by atoms with Crippen LogP contribution in [0, 0.1) is 47.3 Å². The quantitative estimate of drug-likeness (QED) is 0.0211. The zero-order valence-electron chi connectivity index (χ0n) is 46.5. The lowest BCUT2D eigenvalue weighted by Crippen LogP contribution is -2.69. The molecule has 0 aromatic rings. The molecule has 2 aliphatic heterocycles. The average molecular weight is 1060 g/mol. The highest BCUT2D eigenvalue weighted by atomic mass is 32.3. The predicted molar refractivity (Wildman–Crippen MR) is 280 cm³/mol. The number of ether oxygens (including phenoxy) is 5. The van der Waals surface area contributed by atoms with Gasteiger partial charge in [-0.05, 0) is 60.2 Å². The predicted octanol–water partition coefficient (Wildman–Crippen LogP) is 8.52. The van der Waals surface area contributed by atoms with E-state index >= 15 is 0 Å². The van der Waals surface area contributed by atoms with Crippen LogP contribution < -0.4 is 0 Å². The van der Waals surface area contributed by atoms with Crippen molar-refractivity contribution in [3.63, 3.8) is 0 Å². The van der Waals surface area contributed by atoms with E-state index in [0.717, 1.165) is 62.2 Å². The number of hydrogen-bond acceptors (Lipinski definition) is 15. The number of hydrogen-bond donors (Lipinski definition) is 8. The monoisotopic (exact) mass is 1060 g/mol.